The maximum Gasteiger partial charge on any atom is 0.273 e. The van der Waals surface area contributed by atoms with Crippen molar-refractivity contribution in [2.24, 2.45) is 5.10 Å². The van der Waals surface area contributed by atoms with Gasteiger partial charge in [0, 0.05) is 28.0 Å². The molecule has 0 fully saturated rings. The number of nitrogens with one attached hydrogen (secondary N) is 1. The second-order valence-corrected chi connectivity index (χ2v) is 7.68. The number of hydrogen-bond acceptors (Lipinski definition) is 3. The van der Waals surface area contributed by atoms with Crippen LogP contribution in [-0.2, 0) is 6.61 Å². The Hall–Kier alpha value is -3.54. The largest absolute Gasteiger partial charge is 0.489 e. The number of rotatable bonds is 7. The maximum absolute atomic E-state index is 12.7. The highest BCUT2D eigenvalue weighted by atomic mass is 35.5. The number of hydrazone groups is 1. The molecule has 7 heteroatoms. The lowest BCUT2D eigenvalue weighted by Crippen LogP contribution is -2.19. The summed E-state index contributed by atoms with van der Waals surface area (Å²) in [6.45, 7) is 0.242. The van der Waals surface area contributed by atoms with Crippen molar-refractivity contribution in [3.63, 3.8) is 0 Å². The van der Waals surface area contributed by atoms with E-state index < -0.39 is 0 Å². The molecule has 3 aromatic carbocycles. The first-order chi connectivity index (χ1) is 15.6. The van der Waals surface area contributed by atoms with Crippen LogP contribution in [0, 0.1) is 0 Å². The Balaban J connectivity index is 1.41. The third kappa shape index (κ3) is 5.19. The number of nitrogens with zero attached hydrogens (tertiary/aromatic N) is 2. The second-order valence-electron chi connectivity index (χ2n) is 6.87. The van der Waals surface area contributed by atoms with Gasteiger partial charge < -0.3 is 9.30 Å². The average molecular weight is 464 g/mol. The Morgan fingerprint density at radius 2 is 1.66 bits per heavy atom. The van der Waals surface area contributed by atoms with Gasteiger partial charge in [-0.15, -0.1) is 0 Å². The fraction of sp³-hybridized carbons (Fsp3) is 0.0400. The predicted molar refractivity (Wildman–Crippen MR) is 128 cm³/mol. The lowest BCUT2D eigenvalue weighted by atomic mass is 10.1. The van der Waals surface area contributed by atoms with Crippen LogP contribution in [0.1, 0.15) is 21.5 Å². The Labute approximate surface area is 195 Å². The number of ether oxygens (including phenoxy) is 1. The van der Waals surface area contributed by atoms with Crippen molar-refractivity contribution in [3.8, 4) is 11.4 Å². The van der Waals surface area contributed by atoms with Crippen LogP contribution in [0.5, 0.6) is 5.75 Å². The molecule has 1 amide bonds. The average Bonchev–Trinajstić information content (AvgIpc) is 3.34. The summed E-state index contributed by atoms with van der Waals surface area (Å²) >= 11 is 12.4. The van der Waals surface area contributed by atoms with Gasteiger partial charge >= 0.3 is 0 Å². The molecule has 0 bridgehead atoms. The van der Waals surface area contributed by atoms with E-state index in [0.717, 1.165) is 16.8 Å². The molecule has 0 atom stereocenters. The molecular weight excluding hydrogens is 445 g/mol. The van der Waals surface area contributed by atoms with E-state index in [1.54, 1.807) is 30.5 Å². The first-order valence-corrected chi connectivity index (χ1v) is 10.6. The maximum atomic E-state index is 12.7. The van der Waals surface area contributed by atoms with Crippen LogP contribution < -0.4 is 10.2 Å². The van der Waals surface area contributed by atoms with E-state index in [4.69, 9.17) is 27.9 Å². The number of benzene rings is 3. The zero-order valence-corrected chi connectivity index (χ0v) is 18.4. The standard InChI is InChI=1S/C25H19Cl2N3O2/c26-22-10-6-11-23(27)21(22)17-32-19-8-5-7-18(15-19)16-28-29-25(31)20-9-1-2-12-24(20)30-13-3-4-14-30/h1-16H,17H2,(H,29,31). The second kappa shape index (κ2) is 10.2. The summed E-state index contributed by atoms with van der Waals surface area (Å²) in [5.74, 6) is 0.334. The van der Waals surface area contributed by atoms with Gasteiger partial charge in [0.25, 0.3) is 5.91 Å². The summed E-state index contributed by atoms with van der Waals surface area (Å²) in [5.41, 5.74) is 5.38. The smallest absolute Gasteiger partial charge is 0.273 e. The van der Waals surface area contributed by atoms with Crippen molar-refractivity contribution in [2.45, 2.75) is 6.61 Å². The summed E-state index contributed by atoms with van der Waals surface area (Å²) in [4.78, 5) is 12.7. The molecule has 1 heterocycles. The monoisotopic (exact) mass is 463 g/mol. The molecule has 4 rings (SSSR count). The van der Waals surface area contributed by atoms with Crippen molar-refractivity contribution >= 4 is 35.3 Å². The molecule has 0 unspecified atom stereocenters. The van der Waals surface area contributed by atoms with Crippen molar-refractivity contribution in [2.75, 3.05) is 0 Å². The normalized spacial score (nSPS) is 10.9. The zero-order valence-electron chi connectivity index (χ0n) is 16.9. The summed E-state index contributed by atoms with van der Waals surface area (Å²) in [7, 11) is 0. The molecule has 1 N–H and O–H groups in total. The van der Waals surface area contributed by atoms with E-state index in [0.29, 0.717) is 21.4 Å². The van der Waals surface area contributed by atoms with Gasteiger partial charge in [0.05, 0.1) is 17.5 Å². The molecule has 32 heavy (non-hydrogen) atoms. The summed E-state index contributed by atoms with van der Waals surface area (Å²) in [6, 6.07) is 23.8. The van der Waals surface area contributed by atoms with Gasteiger partial charge in [-0.25, -0.2) is 5.43 Å². The zero-order chi connectivity index (χ0) is 22.3. The van der Waals surface area contributed by atoms with Gasteiger partial charge in [0.15, 0.2) is 0 Å². The molecule has 0 aliphatic carbocycles. The molecule has 4 aromatic rings. The van der Waals surface area contributed by atoms with Crippen LogP contribution in [0.15, 0.2) is 96.4 Å². The molecule has 160 valence electrons. The SMILES string of the molecule is O=C(NN=Cc1cccc(OCc2c(Cl)cccc2Cl)c1)c1ccccc1-n1cccc1. The third-order valence-electron chi connectivity index (χ3n) is 4.71. The molecule has 0 aliphatic heterocycles. The van der Waals surface area contributed by atoms with Gasteiger partial charge in [-0.2, -0.15) is 5.10 Å². The summed E-state index contributed by atoms with van der Waals surface area (Å²) in [6.07, 6.45) is 5.33. The number of halogens is 2. The van der Waals surface area contributed by atoms with Crippen molar-refractivity contribution < 1.29 is 9.53 Å². The van der Waals surface area contributed by atoms with Crippen LogP contribution in [0.25, 0.3) is 5.69 Å². The third-order valence-corrected chi connectivity index (χ3v) is 5.42. The lowest BCUT2D eigenvalue weighted by Gasteiger charge is -2.10. The van der Waals surface area contributed by atoms with E-state index in [1.165, 1.54) is 0 Å². The van der Waals surface area contributed by atoms with Gasteiger partial charge in [0.1, 0.15) is 12.4 Å². The van der Waals surface area contributed by atoms with E-state index in [-0.39, 0.29) is 12.5 Å². The van der Waals surface area contributed by atoms with Crippen molar-refractivity contribution in [1.29, 1.82) is 0 Å². The highest BCUT2D eigenvalue weighted by molar-refractivity contribution is 6.35. The van der Waals surface area contributed by atoms with Gasteiger partial charge in [-0.05, 0) is 54.1 Å². The molecule has 1 aromatic heterocycles. The highest BCUT2D eigenvalue weighted by Crippen LogP contribution is 2.26. The first kappa shape index (κ1) is 21.7. The molecule has 5 nitrogen and oxygen atoms in total. The Morgan fingerprint density at radius 1 is 0.938 bits per heavy atom. The fourth-order valence-electron chi connectivity index (χ4n) is 3.12. The van der Waals surface area contributed by atoms with Crippen LogP contribution in [-0.4, -0.2) is 16.7 Å². The van der Waals surface area contributed by atoms with Gasteiger partial charge in [0.2, 0.25) is 0 Å². The molecular formula is C25H19Cl2N3O2. The minimum Gasteiger partial charge on any atom is -0.489 e. The Kier molecular flexibility index (Phi) is 6.90. The highest BCUT2D eigenvalue weighted by Gasteiger charge is 2.11. The van der Waals surface area contributed by atoms with Crippen LogP contribution >= 0.6 is 23.2 Å². The van der Waals surface area contributed by atoms with Crippen molar-refractivity contribution in [1.82, 2.24) is 9.99 Å². The van der Waals surface area contributed by atoms with Crippen LogP contribution in [0.2, 0.25) is 10.0 Å². The number of amides is 1. The Morgan fingerprint density at radius 3 is 2.44 bits per heavy atom. The minimum atomic E-state index is -0.300. The number of hydrogen-bond donors (Lipinski definition) is 1. The van der Waals surface area contributed by atoms with Crippen LogP contribution in [0.4, 0.5) is 0 Å². The quantitative estimate of drug-likeness (QED) is 0.264. The van der Waals surface area contributed by atoms with E-state index in [2.05, 4.69) is 10.5 Å². The summed E-state index contributed by atoms with van der Waals surface area (Å²) < 4.78 is 7.71. The number of carbonyl (C=O) groups is 1. The Bertz CT molecular complexity index is 1230. The van der Waals surface area contributed by atoms with Gasteiger partial charge in [-0.1, -0.05) is 53.5 Å². The van der Waals surface area contributed by atoms with Gasteiger partial charge in [-0.3, -0.25) is 4.79 Å². The number of aromatic nitrogens is 1. The fourth-order valence-corrected chi connectivity index (χ4v) is 3.63. The predicted octanol–water partition coefficient (Wildman–Crippen LogP) is 6.13. The first-order valence-electron chi connectivity index (χ1n) is 9.83. The number of para-hydroxylation sites is 1. The topological polar surface area (TPSA) is 55.6 Å². The minimum absolute atomic E-state index is 0.242. The molecule has 0 saturated heterocycles. The van der Waals surface area contributed by atoms with E-state index in [9.17, 15) is 4.79 Å². The number of carbonyl (C=O) groups excluding carboxylic acids is 1. The van der Waals surface area contributed by atoms with E-state index in [1.807, 2.05) is 71.6 Å². The summed E-state index contributed by atoms with van der Waals surface area (Å²) in [5, 5.41) is 5.20. The molecule has 0 radical (unpaired) electrons. The molecule has 0 saturated carbocycles. The van der Waals surface area contributed by atoms with E-state index >= 15 is 0 Å². The van der Waals surface area contributed by atoms with Crippen LogP contribution in [0.3, 0.4) is 0 Å². The molecule has 0 spiro atoms. The van der Waals surface area contributed by atoms with Crippen molar-refractivity contribution in [3.05, 3.63) is 118 Å². The molecule has 0 aliphatic rings. The lowest BCUT2D eigenvalue weighted by molar-refractivity contribution is 0.0955.